The number of ether oxygens (including phenoxy) is 1. The molecule has 0 N–H and O–H groups in total. The van der Waals surface area contributed by atoms with Gasteiger partial charge in [0.25, 0.3) is 0 Å². The summed E-state index contributed by atoms with van der Waals surface area (Å²) in [5, 5.41) is 0. The van der Waals surface area contributed by atoms with Gasteiger partial charge in [-0.1, -0.05) is 20.8 Å². The van der Waals surface area contributed by atoms with Crippen LogP contribution in [0, 0.1) is 5.41 Å². The zero-order valence-electron chi connectivity index (χ0n) is 6.32. The topological polar surface area (TPSA) is 9.23 Å². The van der Waals surface area contributed by atoms with Crippen molar-refractivity contribution in [3.63, 3.8) is 0 Å². The minimum atomic E-state index is 0.370. The predicted octanol–water partition coefficient (Wildman–Crippen LogP) is 2.07. The normalized spacial score (nSPS) is 12.0. The van der Waals surface area contributed by atoms with E-state index in [1.165, 1.54) is 6.42 Å². The lowest BCUT2D eigenvalue weighted by Gasteiger charge is -2.20. The van der Waals surface area contributed by atoms with E-state index in [-0.39, 0.29) is 0 Å². The second-order valence-corrected chi connectivity index (χ2v) is 2.95. The van der Waals surface area contributed by atoms with Crippen LogP contribution in [-0.2, 0) is 4.74 Å². The van der Waals surface area contributed by atoms with Crippen LogP contribution < -0.4 is 0 Å². The predicted molar refractivity (Wildman–Crippen MR) is 35.9 cm³/mol. The van der Waals surface area contributed by atoms with Crippen molar-refractivity contribution in [2.75, 3.05) is 13.7 Å². The Hall–Kier alpha value is -0.0400. The minimum Gasteiger partial charge on any atom is -0.384 e. The summed E-state index contributed by atoms with van der Waals surface area (Å²) in [6.07, 6.45) is 1.18. The number of hydrogen-bond donors (Lipinski definition) is 0. The quantitative estimate of drug-likeness (QED) is 0.548. The Morgan fingerprint density at radius 1 is 1.38 bits per heavy atom. The molecule has 0 aromatic carbocycles. The molecule has 0 radical (unpaired) electrons. The summed E-state index contributed by atoms with van der Waals surface area (Å²) in [7, 11) is 1.75. The highest BCUT2D eigenvalue weighted by atomic mass is 16.5. The van der Waals surface area contributed by atoms with Crippen molar-refractivity contribution >= 4 is 0 Å². The van der Waals surface area contributed by atoms with Gasteiger partial charge >= 0.3 is 0 Å². The Morgan fingerprint density at radius 2 is 1.88 bits per heavy atom. The fourth-order valence-corrected chi connectivity index (χ4v) is 0.493. The molecule has 8 heavy (non-hydrogen) atoms. The molecule has 1 heteroatoms. The van der Waals surface area contributed by atoms with E-state index in [1.807, 2.05) is 0 Å². The standard InChI is InChI=1S/C7H16O/c1-5-7(2,3)6-8-4/h5-6H2,1-4H3. The Bertz CT molecular complexity index is 57.4. The summed E-state index contributed by atoms with van der Waals surface area (Å²) in [4.78, 5) is 0. The third kappa shape index (κ3) is 3.03. The summed E-state index contributed by atoms with van der Waals surface area (Å²) in [5.74, 6) is 0. The zero-order chi connectivity index (χ0) is 6.62. The van der Waals surface area contributed by atoms with Crippen LogP contribution in [0.1, 0.15) is 27.2 Å². The van der Waals surface area contributed by atoms with Crippen molar-refractivity contribution in [2.45, 2.75) is 27.2 Å². The molecular formula is C7H16O. The molecular weight excluding hydrogens is 100 g/mol. The van der Waals surface area contributed by atoms with Crippen LogP contribution in [0.15, 0.2) is 0 Å². The number of methoxy groups -OCH3 is 1. The van der Waals surface area contributed by atoms with Gasteiger partial charge in [-0.15, -0.1) is 0 Å². The van der Waals surface area contributed by atoms with E-state index in [2.05, 4.69) is 20.8 Å². The molecule has 0 spiro atoms. The highest BCUT2D eigenvalue weighted by Gasteiger charge is 2.13. The molecule has 1 nitrogen and oxygen atoms in total. The van der Waals surface area contributed by atoms with E-state index in [4.69, 9.17) is 4.74 Å². The van der Waals surface area contributed by atoms with Crippen molar-refractivity contribution in [3.05, 3.63) is 0 Å². The van der Waals surface area contributed by atoms with E-state index < -0.39 is 0 Å². The van der Waals surface area contributed by atoms with Gasteiger partial charge in [0.2, 0.25) is 0 Å². The first-order chi connectivity index (χ1) is 3.62. The molecule has 0 aliphatic heterocycles. The first kappa shape index (κ1) is 7.96. The fraction of sp³-hybridized carbons (Fsp3) is 1.00. The first-order valence-corrected chi connectivity index (χ1v) is 3.11. The van der Waals surface area contributed by atoms with Crippen molar-refractivity contribution < 1.29 is 4.74 Å². The largest absolute Gasteiger partial charge is 0.384 e. The SMILES string of the molecule is CCC(C)(C)COC. The van der Waals surface area contributed by atoms with Gasteiger partial charge in [0.1, 0.15) is 0 Å². The van der Waals surface area contributed by atoms with E-state index in [9.17, 15) is 0 Å². The van der Waals surface area contributed by atoms with Crippen molar-refractivity contribution in [1.82, 2.24) is 0 Å². The molecule has 0 saturated heterocycles. The molecule has 0 rings (SSSR count). The van der Waals surface area contributed by atoms with Gasteiger partial charge in [-0.2, -0.15) is 0 Å². The third-order valence-electron chi connectivity index (χ3n) is 1.49. The summed E-state index contributed by atoms with van der Waals surface area (Å²) in [5.41, 5.74) is 0.370. The maximum atomic E-state index is 5.00. The average Bonchev–Trinajstić information content (AvgIpc) is 1.67. The Morgan fingerprint density at radius 3 is 2.00 bits per heavy atom. The third-order valence-corrected chi connectivity index (χ3v) is 1.49. The lowest BCUT2D eigenvalue weighted by Crippen LogP contribution is -2.16. The molecule has 0 aromatic rings. The summed E-state index contributed by atoms with van der Waals surface area (Å²) in [6, 6.07) is 0. The lowest BCUT2D eigenvalue weighted by molar-refractivity contribution is 0.102. The molecule has 0 saturated carbocycles. The van der Waals surface area contributed by atoms with Crippen LogP contribution in [0.4, 0.5) is 0 Å². The van der Waals surface area contributed by atoms with Crippen LogP contribution in [0.2, 0.25) is 0 Å². The number of hydrogen-bond acceptors (Lipinski definition) is 1. The Labute approximate surface area is 52.0 Å². The summed E-state index contributed by atoms with van der Waals surface area (Å²) >= 11 is 0. The maximum absolute atomic E-state index is 5.00. The highest BCUT2D eigenvalue weighted by molar-refractivity contribution is 4.63. The van der Waals surface area contributed by atoms with Crippen molar-refractivity contribution in [2.24, 2.45) is 5.41 Å². The van der Waals surface area contributed by atoms with Gasteiger partial charge in [0.15, 0.2) is 0 Å². The van der Waals surface area contributed by atoms with Gasteiger partial charge in [0, 0.05) is 7.11 Å². The van der Waals surface area contributed by atoms with Crippen molar-refractivity contribution in [1.29, 1.82) is 0 Å². The van der Waals surface area contributed by atoms with Gasteiger partial charge < -0.3 is 4.74 Å². The molecule has 0 aliphatic rings. The second-order valence-electron chi connectivity index (χ2n) is 2.95. The molecule has 0 atom stereocenters. The second kappa shape index (κ2) is 3.08. The van der Waals surface area contributed by atoms with Crippen molar-refractivity contribution in [3.8, 4) is 0 Å². The molecule has 0 unspecified atom stereocenters. The molecule has 0 fully saturated rings. The first-order valence-electron chi connectivity index (χ1n) is 3.11. The van der Waals surface area contributed by atoms with E-state index in [0.717, 1.165) is 6.61 Å². The molecule has 0 aromatic heterocycles. The Balaban J connectivity index is 3.37. The monoisotopic (exact) mass is 116 g/mol. The van der Waals surface area contributed by atoms with Crippen LogP contribution >= 0.6 is 0 Å². The summed E-state index contributed by atoms with van der Waals surface area (Å²) in [6.45, 7) is 7.45. The van der Waals surface area contributed by atoms with E-state index >= 15 is 0 Å². The summed E-state index contributed by atoms with van der Waals surface area (Å²) < 4.78 is 5.00. The van der Waals surface area contributed by atoms with Crippen LogP contribution in [0.5, 0.6) is 0 Å². The van der Waals surface area contributed by atoms with Gasteiger partial charge in [-0.05, 0) is 11.8 Å². The zero-order valence-corrected chi connectivity index (χ0v) is 6.32. The van der Waals surface area contributed by atoms with E-state index in [0.29, 0.717) is 5.41 Å². The molecule has 50 valence electrons. The van der Waals surface area contributed by atoms with Gasteiger partial charge in [-0.3, -0.25) is 0 Å². The lowest BCUT2D eigenvalue weighted by atomic mass is 9.92. The fourth-order valence-electron chi connectivity index (χ4n) is 0.493. The minimum absolute atomic E-state index is 0.370. The average molecular weight is 116 g/mol. The van der Waals surface area contributed by atoms with Crippen LogP contribution in [0.25, 0.3) is 0 Å². The molecule has 0 heterocycles. The maximum Gasteiger partial charge on any atom is 0.0513 e. The number of rotatable bonds is 3. The van der Waals surface area contributed by atoms with Crippen LogP contribution in [-0.4, -0.2) is 13.7 Å². The highest BCUT2D eigenvalue weighted by Crippen LogP contribution is 2.18. The molecule has 0 amide bonds. The van der Waals surface area contributed by atoms with Gasteiger partial charge in [0.05, 0.1) is 6.61 Å². The van der Waals surface area contributed by atoms with Crippen LogP contribution in [0.3, 0.4) is 0 Å². The van der Waals surface area contributed by atoms with E-state index in [1.54, 1.807) is 7.11 Å². The molecule has 0 aliphatic carbocycles. The van der Waals surface area contributed by atoms with Gasteiger partial charge in [-0.25, -0.2) is 0 Å². The smallest absolute Gasteiger partial charge is 0.0513 e. The Kier molecular flexibility index (Phi) is 3.06. The molecule has 0 bridgehead atoms.